The van der Waals surface area contributed by atoms with Gasteiger partial charge in [0.25, 0.3) is 0 Å². The van der Waals surface area contributed by atoms with Crippen molar-refractivity contribution >= 4 is 23.0 Å². The van der Waals surface area contributed by atoms with Gasteiger partial charge in [0.05, 0.1) is 6.61 Å². The first kappa shape index (κ1) is 26.4. The normalized spacial score (nSPS) is 11.3. The standard InChI is InChI=1S/C32H29NO5/c1-3-31(34)36-22-24-10-14-26(15-11-24)33(27-16-12-25(13-17-27)23-37-32(35)4-2)28-18-20-30(21-19-28)38-29-8-6-5-7-9-29/h3-21,31,34H,1-2,22-23H2. The Morgan fingerprint density at radius 3 is 1.76 bits per heavy atom. The Labute approximate surface area is 222 Å². The van der Waals surface area contributed by atoms with Gasteiger partial charge in [0.15, 0.2) is 6.29 Å². The summed E-state index contributed by atoms with van der Waals surface area (Å²) in [7, 11) is 0. The third-order valence-electron chi connectivity index (χ3n) is 5.63. The molecular weight excluding hydrogens is 478 g/mol. The Morgan fingerprint density at radius 1 is 0.737 bits per heavy atom. The van der Waals surface area contributed by atoms with Crippen LogP contribution in [0.3, 0.4) is 0 Å². The maximum atomic E-state index is 11.4. The smallest absolute Gasteiger partial charge is 0.330 e. The van der Waals surface area contributed by atoms with Crippen LogP contribution in [0.25, 0.3) is 0 Å². The zero-order valence-electron chi connectivity index (χ0n) is 20.9. The third-order valence-corrected chi connectivity index (χ3v) is 5.63. The molecule has 0 aliphatic rings. The predicted molar refractivity (Wildman–Crippen MR) is 149 cm³/mol. The largest absolute Gasteiger partial charge is 0.458 e. The Hall–Kier alpha value is -4.65. The number of esters is 1. The third kappa shape index (κ3) is 7.20. The van der Waals surface area contributed by atoms with Gasteiger partial charge in [-0.3, -0.25) is 0 Å². The predicted octanol–water partition coefficient (Wildman–Crippen LogP) is 7.20. The van der Waals surface area contributed by atoms with Crippen LogP contribution < -0.4 is 9.64 Å². The van der Waals surface area contributed by atoms with Crippen LogP contribution in [0.1, 0.15) is 11.1 Å². The first-order valence-corrected chi connectivity index (χ1v) is 12.1. The lowest BCUT2D eigenvalue weighted by molar-refractivity contribution is -0.138. The number of rotatable bonds is 12. The number of aliphatic hydroxyl groups excluding tert-OH is 1. The van der Waals surface area contributed by atoms with Gasteiger partial charge in [0, 0.05) is 23.1 Å². The highest BCUT2D eigenvalue weighted by Crippen LogP contribution is 2.36. The van der Waals surface area contributed by atoms with E-state index in [2.05, 4.69) is 18.1 Å². The minimum atomic E-state index is -1.01. The van der Waals surface area contributed by atoms with Crippen molar-refractivity contribution in [3.63, 3.8) is 0 Å². The van der Waals surface area contributed by atoms with E-state index in [0.29, 0.717) is 0 Å². The molecule has 0 aromatic heterocycles. The number of hydrogen-bond acceptors (Lipinski definition) is 6. The molecule has 0 amide bonds. The van der Waals surface area contributed by atoms with Crippen molar-refractivity contribution in [1.82, 2.24) is 0 Å². The number of ether oxygens (including phenoxy) is 3. The van der Waals surface area contributed by atoms with Gasteiger partial charge >= 0.3 is 5.97 Å². The number of aliphatic hydroxyl groups is 1. The molecule has 0 saturated heterocycles. The minimum Gasteiger partial charge on any atom is -0.458 e. The van der Waals surface area contributed by atoms with Crippen molar-refractivity contribution in [3.8, 4) is 11.5 Å². The Kier molecular flexibility index (Phi) is 9.07. The van der Waals surface area contributed by atoms with Gasteiger partial charge in [-0.1, -0.05) is 55.6 Å². The number of benzene rings is 4. The van der Waals surface area contributed by atoms with E-state index >= 15 is 0 Å². The summed E-state index contributed by atoms with van der Waals surface area (Å²) >= 11 is 0. The van der Waals surface area contributed by atoms with Crippen molar-refractivity contribution in [1.29, 1.82) is 0 Å². The fraction of sp³-hybridized carbons (Fsp3) is 0.0938. The molecule has 4 aromatic carbocycles. The number of carbonyl (C=O) groups excluding carboxylic acids is 1. The summed E-state index contributed by atoms with van der Waals surface area (Å²) in [6.45, 7) is 7.37. The van der Waals surface area contributed by atoms with E-state index in [1.54, 1.807) is 0 Å². The molecule has 0 spiro atoms. The highest BCUT2D eigenvalue weighted by atomic mass is 16.6. The number of para-hydroxylation sites is 1. The van der Waals surface area contributed by atoms with Gasteiger partial charge in [-0.25, -0.2) is 4.79 Å². The van der Waals surface area contributed by atoms with Crippen LogP contribution in [0.15, 0.2) is 128 Å². The summed E-state index contributed by atoms with van der Waals surface area (Å²) in [5.41, 5.74) is 4.57. The molecule has 0 fully saturated rings. The number of nitrogens with zero attached hydrogens (tertiary/aromatic N) is 1. The van der Waals surface area contributed by atoms with Crippen LogP contribution >= 0.6 is 0 Å². The Morgan fingerprint density at radius 2 is 1.24 bits per heavy atom. The molecule has 38 heavy (non-hydrogen) atoms. The van der Waals surface area contributed by atoms with E-state index in [9.17, 15) is 9.90 Å². The zero-order valence-corrected chi connectivity index (χ0v) is 20.9. The summed E-state index contributed by atoms with van der Waals surface area (Å²) in [6.07, 6.45) is 1.48. The van der Waals surface area contributed by atoms with Gasteiger partial charge in [0.2, 0.25) is 0 Å². The molecule has 6 heteroatoms. The van der Waals surface area contributed by atoms with Gasteiger partial charge in [-0.05, 0) is 77.9 Å². The lowest BCUT2D eigenvalue weighted by Gasteiger charge is -2.26. The van der Waals surface area contributed by atoms with E-state index in [4.69, 9.17) is 14.2 Å². The molecule has 1 N–H and O–H groups in total. The zero-order chi connectivity index (χ0) is 26.7. The van der Waals surface area contributed by atoms with Gasteiger partial charge < -0.3 is 24.2 Å². The Bertz CT molecular complexity index is 1330. The quantitative estimate of drug-likeness (QED) is 0.0947. The maximum Gasteiger partial charge on any atom is 0.330 e. The lowest BCUT2D eigenvalue weighted by Crippen LogP contribution is -2.11. The second kappa shape index (κ2) is 13.1. The van der Waals surface area contributed by atoms with Crippen LogP contribution in [0, 0.1) is 0 Å². The van der Waals surface area contributed by atoms with E-state index < -0.39 is 12.3 Å². The molecule has 0 bridgehead atoms. The molecule has 4 aromatic rings. The molecule has 0 saturated carbocycles. The second-order valence-corrected chi connectivity index (χ2v) is 8.33. The molecule has 1 atom stereocenters. The van der Waals surface area contributed by atoms with Gasteiger partial charge in [-0.2, -0.15) is 0 Å². The minimum absolute atomic E-state index is 0.169. The fourth-order valence-corrected chi connectivity index (χ4v) is 3.68. The Balaban J connectivity index is 1.59. The van der Waals surface area contributed by atoms with Crippen LogP contribution in [0.4, 0.5) is 17.1 Å². The van der Waals surface area contributed by atoms with Crippen molar-refractivity contribution in [3.05, 3.63) is 140 Å². The first-order chi connectivity index (χ1) is 18.6. The molecule has 6 nitrogen and oxygen atoms in total. The van der Waals surface area contributed by atoms with Crippen LogP contribution in [-0.2, 0) is 27.5 Å². The van der Waals surface area contributed by atoms with Crippen molar-refractivity contribution in [2.75, 3.05) is 4.90 Å². The summed E-state index contributed by atoms with van der Waals surface area (Å²) in [5, 5.41) is 9.59. The molecular formula is C32H29NO5. The summed E-state index contributed by atoms with van der Waals surface area (Å²) in [5.74, 6) is 1.04. The van der Waals surface area contributed by atoms with Gasteiger partial charge in [0.1, 0.15) is 18.1 Å². The second-order valence-electron chi connectivity index (χ2n) is 8.33. The summed E-state index contributed by atoms with van der Waals surface area (Å²) in [6, 6.07) is 33.2. The average molecular weight is 508 g/mol. The van der Waals surface area contributed by atoms with Gasteiger partial charge in [-0.15, -0.1) is 0 Å². The number of anilines is 3. The van der Waals surface area contributed by atoms with Crippen molar-refractivity contribution in [2.45, 2.75) is 19.5 Å². The lowest BCUT2D eigenvalue weighted by atomic mass is 10.1. The van der Waals surface area contributed by atoms with E-state index in [1.807, 2.05) is 103 Å². The molecule has 192 valence electrons. The average Bonchev–Trinajstić information content (AvgIpc) is 2.97. The van der Waals surface area contributed by atoms with Crippen molar-refractivity contribution < 1.29 is 24.1 Å². The SMILES string of the molecule is C=CC(=O)OCc1ccc(N(c2ccc(COC(O)C=C)cc2)c2ccc(Oc3ccccc3)cc2)cc1. The maximum absolute atomic E-state index is 11.4. The fourth-order valence-electron chi connectivity index (χ4n) is 3.68. The molecule has 0 heterocycles. The van der Waals surface area contributed by atoms with Crippen molar-refractivity contribution in [2.24, 2.45) is 0 Å². The highest BCUT2D eigenvalue weighted by Gasteiger charge is 2.14. The van der Waals surface area contributed by atoms with Crippen LogP contribution in [0.5, 0.6) is 11.5 Å². The molecule has 0 aliphatic carbocycles. The first-order valence-electron chi connectivity index (χ1n) is 12.1. The monoisotopic (exact) mass is 507 g/mol. The number of carbonyl (C=O) groups is 1. The molecule has 4 rings (SSSR count). The topological polar surface area (TPSA) is 68.2 Å². The van der Waals surface area contributed by atoms with E-state index in [-0.39, 0.29) is 13.2 Å². The highest BCUT2D eigenvalue weighted by molar-refractivity contribution is 5.81. The van der Waals surface area contributed by atoms with Crippen LogP contribution in [0.2, 0.25) is 0 Å². The van der Waals surface area contributed by atoms with E-state index in [1.165, 1.54) is 6.08 Å². The molecule has 0 aliphatic heterocycles. The number of hydrogen-bond donors (Lipinski definition) is 1. The molecule has 0 radical (unpaired) electrons. The molecule has 1 unspecified atom stereocenters. The van der Waals surface area contributed by atoms with Crippen LogP contribution in [-0.4, -0.2) is 17.4 Å². The summed E-state index contributed by atoms with van der Waals surface area (Å²) in [4.78, 5) is 13.5. The van der Waals surface area contributed by atoms with E-state index in [0.717, 1.165) is 45.8 Å². The summed E-state index contributed by atoms with van der Waals surface area (Å²) < 4.78 is 16.4.